The number of rotatable bonds is 4. The van der Waals surface area contributed by atoms with Crippen LogP contribution in [0.4, 0.5) is 0 Å². The maximum absolute atomic E-state index is 4.01. The minimum atomic E-state index is 0.591. The molecule has 1 aliphatic heterocycles. The fourth-order valence-corrected chi connectivity index (χ4v) is 2.88. The summed E-state index contributed by atoms with van der Waals surface area (Å²) in [5.41, 5.74) is 5.44. The van der Waals surface area contributed by atoms with Crippen molar-refractivity contribution in [3.05, 3.63) is 95.7 Å². The van der Waals surface area contributed by atoms with Crippen molar-refractivity contribution in [2.24, 2.45) is 10.9 Å². The van der Waals surface area contributed by atoms with Crippen molar-refractivity contribution in [1.29, 1.82) is 0 Å². The van der Waals surface area contributed by atoms with Crippen LogP contribution in [-0.4, -0.2) is 21.4 Å². The fourth-order valence-electron chi connectivity index (χ4n) is 2.88. The van der Waals surface area contributed by atoms with Gasteiger partial charge in [0.25, 0.3) is 0 Å². The zero-order chi connectivity index (χ0) is 33.3. The largest absolute Gasteiger partial charge is 0.285 e. The highest BCUT2D eigenvalue weighted by Gasteiger charge is 2.03. The lowest BCUT2D eigenvalue weighted by Crippen LogP contribution is -1.89. The first-order chi connectivity index (χ1) is 20.2. The van der Waals surface area contributed by atoms with Crippen LogP contribution in [0.2, 0.25) is 0 Å². The third-order valence-corrected chi connectivity index (χ3v) is 5.42. The molecule has 240 valence electrons. The van der Waals surface area contributed by atoms with Crippen LogP contribution in [0.15, 0.2) is 84.0 Å². The van der Waals surface area contributed by atoms with Crippen molar-refractivity contribution in [3.8, 4) is 0 Å². The van der Waals surface area contributed by atoms with Gasteiger partial charge < -0.3 is 0 Å². The highest BCUT2D eigenvalue weighted by molar-refractivity contribution is 5.65. The summed E-state index contributed by atoms with van der Waals surface area (Å²) in [6, 6.07) is 14.6. The number of nitrogens with zero attached hydrogens (tertiary/aromatic N) is 3. The van der Waals surface area contributed by atoms with E-state index in [1.54, 1.807) is 6.20 Å². The molecule has 1 aliphatic rings. The number of allylic oxidation sites excluding steroid dienone is 1. The number of benzene rings is 1. The molecule has 0 saturated heterocycles. The number of nitrogens with one attached hydrogen (secondary N) is 1. The summed E-state index contributed by atoms with van der Waals surface area (Å²) in [7, 11) is 0. The second kappa shape index (κ2) is 34.2. The molecule has 0 fully saturated rings. The van der Waals surface area contributed by atoms with E-state index in [2.05, 4.69) is 106 Å². The van der Waals surface area contributed by atoms with Crippen LogP contribution < -0.4 is 0 Å². The first-order valence-corrected chi connectivity index (χ1v) is 16.4. The molecule has 2 aromatic heterocycles. The molecule has 4 rings (SSSR count). The van der Waals surface area contributed by atoms with Gasteiger partial charge in [-0.2, -0.15) is 5.10 Å². The molecule has 3 aromatic rings. The summed E-state index contributed by atoms with van der Waals surface area (Å²) >= 11 is 0. The number of H-pyrrole nitrogens is 1. The quantitative estimate of drug-likeness (QED) is 0.334. The third-order valence-electron chi connectivity index (χ3n) is 5.42. The summed E-state index contributed by atoms with van der Waals surface area (Å²) in [6.45, 7) is 33.4. The average molecular weight is 581 g/mol. The molecule has 4 heteroatoms. The number of aromatic amines is 1. The van der Waals surface area contributed by atoms with Gasteiger partial charge in [-0.25, -0.2) is 0 Å². The monoisotopic (exact) mass is 581 g/mol. The van der Waals surface area contributed by atoms with Crippen LogP contribution in [0, 0.1) is 5.92 Å². The summed E-state index contributed by atoms with van der Waals surface area (Å²) in [4.78, 5) is 8.00. The van der Waals surface area contributed by atoms with Crippen molar-refractivity contribution < 1.29 is 0 Å². The molecule has 3 heterocycles. The lowest BCUT2D eigenvalue weighted by atomic mass is 10.0. The fraction of sp³-hybridized carbons (Fsp3) is 0.553. The Morgan fingerprint density at radius 3 is 1.31 bits per heavy atom. The molecule has 0 saturated carbocycles. The molecule has 0 radical (unpaired) electrons. The van der Waals surface area contributed by atoms with Crippen molar-refractivity contribution in [1.82, 2.24) is 15.2 Å². The maximum atomic E-state index is 4.01. The van der Waals surface area contributed by atoms with E-state index < -0.39 is 0 Å². The summed E-state index contributed by atoms with van der Waals surface area (Å²) < 4.78 is 0. The molecular weight excluding hydrogens is 512 g/mol. The van der Waals surface area contributed by atoms with E-state index in [1.807, 2.05) is 98.5 Å². The van der Waals surface area contributed by atoms with Gasteiger partial charge in [-0.1, -0.05) is 147 Å². The molecular formula is C38H68N4. The Balaban J connectivity index is -0.000000212. The summed E-state index contributed by atoms with van der Waals surface area (Å²) in [6.07, 6.45) is 12.5. The second-order valence-corrected chi connectivity index (χ2v) is 9.59. The van der Waals surface area contributed by atoms with Gasteiger partial charge in [0.2, 0.25) is 0 Å². The van der Waals surface area contributed by atoms with Gasteiger partial charge in [0.05, 0.1) is 6.20 Å². The minimum Gasteiger partial charge on any atom is -0.285 e. The van der Waals surface area contributed by atoms with Crippen molar-refractivity contribution in [2.75, 3.05) is 0 Å². The minimum absolute atomic E-state index is 0.591. The lowest BCUT2D eigenvalue weighted by Gasteiger charge is -2.01. The van der Waals surface area contributed by atoms with E-state index in [1.165, 1.54) is 22.3 Å². The normalized spacial score (nSPS) is 10.2. The Morgan fingerprint density at radius 1 is 0.571 bits per heavy atom. The lowest BCUT2D eigenvalue weighted by molar-refractivity contribution is 0.759. The van der Waals surface area contributed by atoms with Gasteiger partial charge in [0, 0.05) is 37.4 Å². The Labute approximate surface area is 262 Å². The molecule has 0 spiro atoms. The van der Waals surface area contributed by atoms with Gasteiger partial charge in [-0.3, -0.25) is 15.1 Å². The van der Waals surface area contributed by atoms with Crippen molar-refractivity contribution >= 4 is 6.21 Å². The van der Waals surface area contributed by atoms with E-state index in [0.717, 1.165) is 6.42 Å². The van der Waals surface area contributed by atoms with Crippen LogP contribution in [0.5, 0.6) is 0 Å². The van der Waals surface area contributed by atoms with Crippen molar-refractivity contribution in [3.63, 3.8) is 0 Å². The standard InChI is InChI=1S/C9H12.C8H11N.C7H11N.C6H10N2.4C2H6/c1-8(2)9-6-4-3-5-7-9;1-7(2)8-4-3-5-9-6-8;1-6(2)7-3-4-8-5-7;1-5(2)6-3-7-8-4-6;4*1-2/h3-8H,1-2H3;3-7H,1-2H3;4-6H,3H2,1-2H3;3-5H,1-2H3,(H,7,8);4*1-2H3. The summed E-state index contributed by atoms with van der Waals surface area (Å²) in [5, 5.41) is 6.58. The average Bonchev–Trinajstić information content (AvgIpc) is 3.79. The first-order valence-electron chi connectivity index (χ1n) is 16.4. The SMILES string of the molecule is CC.CC.CC.CC.CC(C)C1=CN=CC1.CC(C)c1ccccc1.CC(C)c1cccnc1.CC(C)c1cn[nH]c1. The van der Waals surface area contributed by atoms with Crippen LogP contribution in [0.3, 0.4) is 0 Å². The molecule has 0 unspecified atom stereocenters. The molecule has 0 bridgehead atoms. The predicted octanol–water partition coefficient (Wildman–Crippen LogP) is 12.7. The van der Waals surface area contributed by atoms with E-state index in [-0.39, 0.29) is 0 Å². The second-order valence-electron chi connectivity index (χ2n) is 9.59. The molecule has 42 heavy (non-hydrogen) atoms. The van der Waals surface area contributed by atoms with Gasteiger partial charge in [-0.15, -0.1) is 0 Å². The zero-order valence-corrected chi connectivity index (χ0v) is 30.4. The van der Waals surface area contributed by atoms with E-state index in [4.69, 9.17) is 0 Å². The number of pyridine rings is 1. The van der Waals surface area contributed by atoms with Gasteiger partial charge in [0.15, 0.2) is 0 Å². The Kier molecular flexibility index (Phi) is 37.4. The van der Waals surface area contributed by atoms with Crippen LogP contribution >= 0.6 is 0 Å². The van der Waals surface area contributed by atoms with Crippen LogP contribution in [-0.2, 0) is 0 Å². The van der Waals surface area contributed by atoms with Crippen LogP contribution in [0.25, 0.3) is 0 Å². The molecule has 1 aromatic carbocycles. The third kappa shape index (κ3) is 25.9. The highest BCUT2D eigenvalue weighted by atomic mass is 15.1. The summed E-state index contributed by atoms with van der Waals surface area (Å²) in [5.74, 6) is 2.52. The topological polar surface area (TPSA) is 53.9 Å². The molecule has 0 amide bonds. The van der Waals surface area contributed by atoms with Gasteiger partial charge in [0.1, 0.15) is 0 Å². The van der Waals surface area contributed by atoms with E-state index >= 15 is 0 Å². The van der Waals surface area contributed by atoms with Crippen molar-refractivity contribution in [2.45, 2.75) is 135 Å². The predicted molar refractivity (Wildman–Crippen MR) is 193 cm³/mol. The van der Waals surface area contributed by atoms with Gasteiger partial charge in [-0.05, 0) is 52.0 Å². The smallest absolute Gasteiger partial charge is 0.0521 e. The Hall–Kier alpha value is -3.01. The molecule has 0 aliphatic carbocycles. The van der Waals surface area contributed by atoms with Crippen LogP contribution in [0.1, 0.15) is 152 Å². The first kappa shape index (κ1) is 46.0. The number of aliphatic imine (C=N–C) groups is 1. The van der Waals surface area contributed by atoms with Gasteiger partial charge >= 0.3 is 0 Å². The highest BCUT2D eigenvalue weighted by Crippen LogP contribution is 2.16. The number of hydrogen-bond acceptors (Lipinski definition) is 3. The van der Waals surface area contributed by atoms with E-state index in [0.29, 0.717) is 23.7 Å². The Bertz CT molecular complexity index is 880. The Morgan fingerprint density at radius 2 is 1.07 bits per heavy atom. The number of hydrogen-bond donors (Lipinski definition) is 1. The molecule has 4 nitrogen and oxygen atoms in total. The molecule has 0 atom stereocenters. The maximum Gasteiger partial charge on any atom is 0.0521 e. The molecule has 1 N–H and O–H groups in total. The number of aromatic nitrogens is 3. The van der Waals surface area contributed by atoms with E-state index in [9.17, 15) is 0 Å². The zero-order valence-electron chi connectivity index (χ0n) is 30.4.